The van der Waals surface area contributed by atoms with E-state index in [2.05, 4.69) is 12.2 Å². The summed E-state index contributed by atoms with van der Waals surface area (Å²) in [6.45, 7) is 2.13. The molecular weight excluding hydrogens is 366 g/mol. The van der Waals surface area contributed by atoms with Gasteiger partial charge in [-0.25, -0.2) is 13.2 Å². The fraction of sp³-hybridized carbons (Fsp3) is 0.300. The number of rotatable bonds is 8. The fourth-order valence-corrected chi connectivity index (χ4v) is 3.29. The minimum absolute atomic E-state index is 0.111. The molecule has 144 valence electrons. The molecule has 7 heteroatoms. The Kier molecular flexibility index (Phi) is 6.74. The number of carbonyl (C=O) groups is 2. The normalized spacial score (nSPS) is 11.2. The SMILES string of the molecule is CCCCc1ccc(CC(=O)Nc2cc(C(=O)O)cc(S(C)(=O)=O)c2)cc1. The van der Waals surface area contributed by atoms with Crippen molar-refractivity contribution in [3.8, 4) is 0 Å². The molecule has 0 aliphatic heterocycles. The number of carboxylic acids is 1. The van der Waals surface area contributed by atoms with Crippen molar-refractivity contribution in [2.24, 2.45) is 0 Å². The van der Waals surface area contributed by atoms with Crippen molar-refractivity contribution in [2.75, 3.05) is 11.6 Å². The molecule has 0 atom stereocenters. The zero-order chi connectivity index (χ0) is 20.0. The largest absolute Gasteiger partial charge is 0.478 e. The lowest BCUT2D eigenvalue weighted by Crippen LogP contribution is -2.15. The molecule has 0 bridgehead atoms. The fourth-order valence-electron chi connectivity index (χ4n) is 2.60. The average Bonchev–Trinajstić information content (AvgIpc) is 2.60. The summed E-state index contributed by atoms with van der Waals surface area (Å²) in [6.07, 6.45) is 4.33. The van der Waals surface area contributed by atoms with E-state index in [9.17, 15) is 18.0 Å². The summed E-state index contributed by atoms with van der Waals surface area (Å²) >= 11 is 0. The Morgan fingerprint density at radius 3 is 2.22 bits per heavy atom. The zero-order valence-electron chi connectivity index (χ0n) is 15.4. The van der Waals surface area contributed by atoms with Crippen molar-refractivity contribution < 1.29 is 23.1 Å². The highest BCUT2D eigenvalue weighted by atomic mass is 32.2. The van der Waals surface area contributed by atoms with Gasteiger partial charge in [0.25, 0.3) is 0 Å². The van der Waals surface area contributed by atoms with Crippen LogP contribution in [0.3, 0.4) is 0 Å². The Morgan fingerprint density at radius 1 is 1.04 bits per heavy atom. The Labute approximate surface area is 159 Å². The molecule has 0 saturated heterocycles. The molecule has 0 aromatic heterocycles. The summed E-state index contributed by atoms with van der Waals surface area (Å²) in [6, 6.07) is 11.3. The van der Waals surface area contributed by atoms with E-state index in [4.69, 9.17) is 5.11 Å². The van der Waals surface area contributed by atoms with E-state index in [1.807, 2.05) is 24.3 Å². The number of hydrogen-bond acceptors (Lipinski definition) is 4. The molecule has 2 N–H and O–H groups in total. The van der Waals surface area contributed by atoms with Gasteiger partial charge >= 0.3 is 5.97 Å². The monoisotopic (exact) mass is 389 g/mol. The summed E-state index contributed by atoms with van der Waals surface area (Å²) in [4.78, 5) is 23.3. The zero-order valence-corrected chi connectivity index (χ0v) is 16.2. The molecule has 0 aliphatic carbocycles. The maximum atomic E-state index is 12.3. The van der Waals surface area contributed by atoms with Gasteiger partial charge < -0.3 is 10.4 Å². The van der Waals surface area contributed by atoms with Crippen LogP contribution in [0, 0.1) is 0 Å². The molecular formula is C20H23NO5S. The number of aryl methyl sites for hydroxylation is 1. The third kappa shape index (κ3) is 6.21. The van der Waals surface area contributed by atoms with Crippen molar-refractivity contribution >= 4 is 27.4 Å². The highest BCUT2D eigenvalue weighted by Gasteiger charge is 2.15. The topological polar surface area (TPSA) is 101 Å². The van der Waals surface area contributed by atoms with Crippen LogP contribution in [-0.4, -0.2) is 31.7 Å². The summed E-state index contributed by atoms with van der Waals surface area (Å²) in [7, 11) is -3.60. The number of sulfone groups is 1. The van der Waals surface area contributed by atoms with Crippen LogP contribution in [0.5, 0.6) is 0 Å². The van der Waals surface area contributed by atoms with Gasteiger partial charge in [0.2, 0.25) is 5.91 Å². The van der Waals surface area contributed by atoms with Gasteiger partial charge in [-0.15, -0.1) is 0 Å². The predicted octanol–water partition coefficient (Wildman–Crippen LogP) is 3.31. The summed E-state index contributed by atoms with van der Waals surface area (Å²) in [5, 5.41) is 11.7. The minimum Gasteiger partial charge on any atom is -0.478 e. The van der Waals surface area contributed by atoms with Crippen molar-refractivity contribution in [1.82, 2.24) is 0 Å². The standard InChI is InChI=1S/C20H23NO5S/c1-3-4-5-14-6-8-15(9-7-14)10-19(22)21-17-11-16(20(23)24)12-18(13-17)27(2,25)26/h6-9,11-13H,3-5,10H2,1-2H3,(H,21,22)(H,23,24). The number of carbonyl (C=O) groups excluding carboxylic acids is 1. The van der Waals surface area contributed by atoms with Crippen LogP contribution in [0.1, 0.15) is 41.3 Å². The van der Waals surface area contributed by atoms with Gasteiger partial charge in [0.1, 0.15) is 0 Å². The van der Waals surface area contributed by atoms with Crippen LogP contribution in [0.15, 0.2) is 47.4 Å². The van der Waals surface area contributed by atoms with Crippen LogP contribution in [-0.2, 0) is 27.5 Å². The number of benzene rings is 2. The lowest BCUT2D eigenvalue weighted by Gasteiger charge is -2.09. The van der Waals surface area contributed by atoms with Gasteiger partial charge in [0, 0.05) is 11.9 Å². The molecule has 0 spiro atoms. The molecule has 0 aliphatic rings. The van der Waals surface area contributed by atoms with Crippen LogP contribution >= 0.6 is 0 Å². The molecule has 0 fully saturated rings. The molecule has 2 aromatic carbocycles. The molecule has 0 heterocycles. The molecule has 6 nitrogen and oxygen atoms in total. The minimum atomic E-state index is -3.60. The molecule has 27 heavy (non-hydrogen) atoms. The smallest absolute Gasteiger partial charge is 0.335 e. The lowest BCUT2D eigenvalue weighted by atomic mass is 10.0. The first-order chi connectivity index (χ1) is 12.7. The third-order valence-electron chi connectivity index (χ3n) is 4.07. The number of anilines is 1. The predicted molar refractivity (Wildman–Crippen MR) is 104 cm³/mol. The van der Waals surface area contributed by atoms with E-state index < -0.39 is 15.8 Å². The van der Waals surface area contributed by atoms with E-state index in [0.717, 1.165) is 37.1 Å². The van der Waals surface area contributed by atoms with Gasteiger partial charge in [-0.3, -0.25) is 4.79 Å². The van der Waals surface area contributed by atoms with Crippen molar-refractivity contribution in [3.05, 3.63) is 59.2 Å². The molecule has 2 rings (SSSR count). The van der Waals surface area contributed by atoms with Crippen LogP contribution < -0.4 is 5.32 Å². The Bertz CT molecular complexity index is 933. The number of hydrogen-bond donors (Lipinski definition) is 2. The molecule has 0 radical (unpaired) electrons. The number of nitrogens with one attached hydrogen (secondary N) is 1. The molecule has 0 saturated carbocycles. The quantitative estimate of drug-likeness (QED) is 0.721. The highest BCUT2D eigenvalue weighted by Crippen LogP contribution is 2.20. The van der Waals surface area contributed by atoms with E-state index in [-0.39, 0.29) is 28.5 Å². The van der Waals surface area contributed by atoms with Gasteiger partial charge in [0.15, 0.2) is 9.84 Å². The summed E-state index contributed by atoms with van der Waals surface area (Å²) < 4.78 is 23.5. The van der Waals surface area contributed by atoms with Crippen LogP contribution in [0.2, 0.25) is 0 Å². The van der Waals surface area contributed by atoms with Crippen LogP contribution in [0.25, 0.3) is 0 Å². The van der Waals surface area contributed by atoms with Crippen molar-refractivity contribution in [2.45, 2.75) is 37.5 Å². The van der Waals surface area contributed by atoms with Gasteiger partial charge in [-0.05, 0) is 42.2 Å². The van der Waals surface area contributed by atoms with Gasteiger partial charge in [0.05, 0.1) is 16.9 Å². The van der Waals surface area contributed by atoms with E-state index in [0.29, 0.717) is 0 Å². The average molecular weight is 389 g/mol. The van der Waals surface area contributed by atoms with Crippen LogP contribution in [0.4, 0.5) is 5.69 Å². The van der Waals surface area contributed by atoms with Gasteiger partial charge in [-0.1, -0.05) is 37.6 Å². The summed E-state index contributed by atoms with van der Waals surface area (Å²) in [5.41, 5.74) is 1.98. The maximum absolute atomic E-state index is 12.3. The second-order valence-corrected chi connectivity index (χ2v) is 8.48. The Balaban J connectivity index is 2.13. The van der Waals surface area contributed by atoms with E-state index >= 15 is 0 Å². The lowest BCUT2D eigenvalue weighted by molar-refractivity contribution is -0.115. The summed E-state index contributed by atoms with van der Waals surface area (Å²) in [5.74, 6) is -1.61. The number of unbranched alkanes of at least 4 members (excludes halogenated alkanes) is 1. The van der Waals surface area contributed by atoms with Crippen molar-refractivity contribution in [3.63, 3.8) is 0 Å². The van der Waals surface area contributed by atoms with Gasteiger partial charge in [-0.2, -0.15) is 0 Å². The van der Waals surface area contributed by atoms with E-state index in [1.54, 1.807) is 0 Å². The first kappa shape index (κ1) is 20.6. The molecule has 0 unspecified atom stereocenters. The first-order valence-electron chi connectivity index (χ1n) is 8.65. The third-order valence-corrected chi connectivity index (χ3v) is 5.16. The molecule has 2 aromatic rings. The second kappa shape index (κ2) is 8.81. The second-order valence-electron chi connectivity index (χ2n) is 6.47. The Hall–Kier alpha value is -2.67. The highest BCUT2D eigenvalue weighted by molar-refractivity contribution is 7.90. The number of carboxylic acid groups (broad SMARTS) is 1. The van der Waals surface area contributed by atoms with E-state index in [1.165, 1.54) is 17.7 Å². The maximum Gasteiger partial charge on any atom is 0.335 e. The molecule has 1 amide bonds. The first-order valence-corrected chi connectivity index (χ1v) is 10.5. The van der Waals surface area contributed by atoms with Crippen molar-refractivity contribution in [1.29, 1.82) is 0 Å². The Morgan fingerprint density at radius 2 is 1.67 bits per heavy atom. The number of aromatic carboxylic acids is 1. The number of amides is 1.